The third-order valence-corrected chi connectivity index (χ3v) is 1.99. The maximum atomic E-state index is 11.3. The number of carbonyl (C=O) groups excluding carboxylic acids is 1. The zero-order valence-electron chi connectivity index (χ0n) is 7.62. The summed E-state index contributed by atoms with van der Waals surface area (Å²) in [6.45, 7) is 1.35. The van der Waals surface area contributed by atoms with Crippen molar-refractivity contribution >= 4 is 23.2 Å². The number of allylic oxidation sites excluding steroid dienone is 1. The van der Waals surface area contributed by atoms with Crippen molar-refractivity contribution in [1.29, 1.82) is 0 Å². The van der Waals surface area contributed by atoms with Crippen LogP contribution >= 0.6 is 11.6 Å². The van der Waals surface area contributed by atoms with Gasteiger partial charge in [0.05, 0.1) is 0 Å². The lowest BCUT2D eigenvalue weighted by atomic mass is 10.3. The molecule has 1 amide bonds. The van der Waals surface area contributed by atoms with Crippen molar-refractivity contribution in [3.8, 4) is 0 Å². The van der Waals surface area contributed by atoms with Crippen molar-refractivity contribution in [2.75, 3.05) is 5.32 Å². The molecule has 0 fully saturated rings. The molecule has 0 saturated heterocycles. The summed E-state index contributed by atoms with van der Waals surface area (Å²) in [6.07, 6.45) is 0. The Morgan fingerprint density at radius 2 is 1.93 bits per heavy atom. The molecule has 0 spiro atoms. The van der Waals surface area contributed by atoms with Crippen LogP contribution in [0.5, 0.6) is 0 Å². The standard InChI is InChI=1S/C10H10ClNO2/c1-7(13)9(11)10(14)12-8-5-3-2-4-6-8/h2-6,13H,1H3,(H,12,14)/b9-7-. The fourth-order valence-electron chi connectivity index (χ4n) is 0.872. The minimum atomic E-state index is -0.516. The third kappa shape index (κ3) is 2.78. The van der Waals surface area contributed by atoms with Crippen LogP contribution in [0, 0.1) is 0 Å². The first-order chi connectivity index (χ1) is 6.61. The zero-order valence-corrected chi connectivity index (χ0v) is 8.38. The average Bonchev–Trinajstić information content (AvgIpc) is 2.18. The lowest BCUT2D eigenvalue weighted by Crippen LogP contribution is -2.12. The van der Waals surface area contributed by atoms with Crippen LogP contribution in [0.15, 0.2) is 41.1 Å². The van der Waals surface area contributed by atoms with E-state index in [9.17, 15) is 4.79 Å². The Balaban J connectivity index is 2.72. The smallest absolute Gasteiger partial charge is 0.270 e. The maximum absolute atomic E-state index is 11.3. The molecule has 74 valence electrons. The number of anilines is 1. The van der Waals surface area contributed by atoms with Gasteiger partial charge in [-0.1, -0.05) is 29.8 Å². The van der Waals surface area contributed by atoms with Gasteiger partial charge in [-0.15, -0.1) is 0 Å². The van der Waals surface area contributed by atoms with E-state index in [4.69, 9.17) is 16.7 Å². The summed E-state index contributed by atoms with van der Waals surface area (Å²) in [5.74, 6) is -0.710. The normalized spacial score (nSPS) is 11.9. The summed E-state index contributed by atoms with van der Waals surface area (Å²) in [7, 11) is 0. The van der Waals surface area contributed by atoms with Crippen LogP contribution in [0.25, 0.3) is 0 Å². The van der Waals surface area contributed by atoms with Gasteiger partial charge < -0.3 is 10.4 Å². The first-order valence-corrected chi connectivity index (χ1v) is 4.41. The van der Waals surface area contributed by atoms with E-state index in [2.05, 4.69) is 5.32 Å². The molecule has 0 saturated carbocycles. The van der Waals surface area contributed by atoms with E-state index in [0.717, 1.165) is 0 Å². The Morgan fingerprint density at radius 3 is 2.43 bits per heavy atom. The minimum absolute atomic E-state index is 0.194. The predicted octanol–water partition coefficient (Wildman–Crippen LogP) is 2.65. The number of rotatable bonds is 2. The van der Waals surface area contributed by atoms with Crippen molar-refractivity contribution in [3.63, 3.8) is 0 Å². The van der Waals surface area contributed by atoms with Gasteiger partial charge in [-0.2, -0.15) is 0 Å². The molecule has 0 aliphatic carbocycles. The van der Waals surface area contributed by atoms with Gasteiger partial charge in [0.25, 0.3) is 5.91 Å². The second-order valence-corrected chi connectivity index (χ2v) is 3.10. The molecule has 14 heavy (non-hydrogen) atoms. The third-order valence-electron chi connectivity index (χ3n) is 1.55. The number of halogens is 1. The Hall–Kier alpha value is -1.48. The highest BCUT2D eigenvalue weighted by molar-refractivity contribution is 6.44. The molecule has 1 rings (SSSR count). The molecule has 4 heteroatoms. The molecule has 0 aliphatic heterocycles. The van der Waals surface area contributed by atoms with Crippen molar-refractivity contribution in [2.24, 2.45) is 0 Å². The van der Waals surface area contributed by atoms with Gasteiger partial charge >= 0.3 is 0 Å². The van der Waals surface area contributed by atoms with E-state index in [0.29, 0.717) is 5.69 Å². The molecular weight excluding hydrogens is 202 g/mol. The molecule has 1 aromatic carbocycles. The Bertz CT molecular complexity index is 356. The Morgan fingerprint density at radius 1 is 1.36 bits per heavy atom. The number of hydrogen-bond acceptors (Lipinski definition) is 2. The number of aliphatic hydroxyl groups excluding tert-OH is 1. The van der Waals surface area contributed by atoms with Crippen LogP contribution in [0.1, 0.15) is 6.92 Å². The zero-order chi connectivity index (χ0) is 10.6. The fraction of sp³-hybridized carbons (Fsp3) is 0.100. The number of para-hydroxylation sites is 1. The van der Waals surface area contributed by atoms with Crippen molar-refractivity contribution in [3.05, 3.63) is 41.1 Å². The highest BCUT2D eigenvalue weighted by Crippen LogP contribution is 2.11. The van der Waals surface area contributed by atoms with E-state index < -0.39 is 5.91 Å². The summed E-state index contributed by atoms with van der Waals surface area (Å²) in [6, 6.07) is 8.88. The van der Waals surface area contributed by atoms with Gasteiger partial charge in [-0.25, -0.2) is 0 Å². The molecule has 0 aromatic heterocycles. The van der Waals surface area contributed by atoms with Gasteiger partial charge in [0, 0.05) is 5.69 Å². The molecule has 1 aromatic rings. The Kier molecular flexibility index (Phi) is 3.54. The fourth-order valence-corrected chi connectivity index (χ4v) is 0.919. The summed E-state index contributed by atoms with van der Waals surface area (Å²) >= 11 is 5.53. The quantitative estimate of drug-likeness (QED) is 0.584. The van der Waals surface area contributed by atoms with Gasteiger partial charge in [0.15, 0.2) is 0 Å². The predicted molar refractivity (Wildman–Crippen MR) is 56.3 cm³/mol. The molecule has 2 N–H and O–H groups in total. The van der Waals surface area contributed by atoms with Crippen LogP contribution in [-0.4, -0.2) is 11.0 Å². The van der Waals surface area contributed by atoms with Gasteiger partial charge in [-0.05, 0) is 19.1 Å². The van der Waals surface area contributed by atoms with Crippen molar-refractivity contribution < 1.29 is 9.90 Å². The van der Waals surface area contributed by atoms with Gasteiger partial charge in [0.1, 0.15) is 10.8 Å². The van der Waals surface area contributed by atoms with Crippen molar-refractivity contribution in [2.45, 2.75) is 6.92 Å². The second kappa shape index (κ2) is 4.67. The van der Waals surface area contributed by atoms with Crippen LogP contribution in [-0.2, 0) is 4.79 Å². The number of hydrogen-bond donors (Lipinski definition) is 2. The largest absolute Gasteiger partial charge is 0.511 e. The SMILES string of the molecule is C/C(O)=C(/Cl)C(=O)Nc1ccccc1. The van der Waals surface area contributed by atoms with E-state index in [1.165, 1.54) is 6.92 Å². The van der Waals surface area contributed by atoms with E-state index >= 15 is 0 Å². The Labute approximate surface area is 87.0 Å². The minimum Gasteiger partial charge on any atom is -0.511 e. The molecule has 0 bridgehead atoms. The molecular formula is C10H10ClNO2. The summed E-state index contributed by atoms with van der Waals surface area (Å²) in [4.78, 5) is 11.3. The number of amides is 1. The molecule has 0 radical (unpaired) electrons. The summed E-state index contributed by atoms with van der Waals surface area (Å²) in [5.41, 5.74) is 0.636. The number of nitrogens with one attached hydrogen (secondary N) is 1. The van der Waals surface area contributed by atoms with E-state index in [1.807, 2.05) is 6.07 Å². The van der Waals surface area contributed by atoms with Crippen molar-refractivity contribution in [1.82, 2.24) is 0 Å². The topological polar surface area (TPSA) is 49.3 Å². The summed E-state index contributed by atoms with van der Waals surface area (Å²) in [5, 5.41) is 11.3. The average molecular weight is 212 g/mol. The molecule has 0 atom stereocenters. The van der Waals surface area contributed by atoms with Crippen LogP contribution < -0.4 is 5.32 Å². The maximum Gasteiger partial charge on any atom is 0.270 e. The summed E-state index contributed by atoms with van der Waals surface area (Å²) < 4.78 is 0. The number of benzene rings is 1. The monoisotopic (exact) mass is 211 g/mol. The van der Waals surface area contributed by atoms with E-state index in [1.54, 1.807) is 24.3 Å². The van der Waals surface area contributed by atoms with Gasteiger partial charge in [-0.3, -0.25) is 4.79 Å². The van der Waals surface area contributed by atoms with Gasteiger partial charge in [0.2, 0.25) is 0 Å². The highest BCUT2D eigenvalue weighted by atomic mass is 35.5. The number of aliphatic hydroxyl groups is 1. The first-order valence-electron chi connectivity index (χ1n) is 4.03. The lowest BCUT2D eigenvalue weighted by molar-refractivity contribution is -0.112. The molecule has 0 unspecified atom stereocenters. The first kappa shape index (κ1) is 10.6. The van der Waals surface area contributed by atoms with Crippen LogP contribution in [0.3, 0.4) is 0 Å². The molecule has 0 heterocycles. The van der Waals surface area contributed by atoms with E-state index in [-0.39, 0.29) is 10.8 Å². The number of carbonyl (C=O) groups is 1. The van der Waals surface area contributed by atoms with Crippen LogP contribution in [0.4, 0.5) is 5.69 Å². The molecule has 3 nitrogen and oxygen atoms in total. The lowest BCUT2D eigenvalue weighted by Gasteiger charge is -2.03. The highest BCUT2D eigenvalue weighted by Gasteiger charge is 2.09. The van der Waals surface area contributed by atoms with Crippen LogP contribution in [0.2, 0.25) is 0 Å². The molecule has 0 aliphatic rings. The second-order valence-electron chi connectivity index (χ2n) is 2.72.